The Bertz CT molecular complexity index is 505. The minimum absolute atomic E-state index is 0.0334. The van der Waals surface area contributed by atoms with E-state index >= 15 is 0 Å². The Kier molecular flexibility index (Phi) is 6.99. The minimum atomic E-state index is 0.0334. The topological polar surface area (TPSA) is 41.6 Å². The quantitative estimate of drug-likeness (QED) is 0.811. The molecule has 1 aromatic rings. The lowest BCUT2D eigenvalue weighted by Crippen LogP contribution is -2.41. The summed E-state index contributed by atoms with van der Waals surface area (Å²) in [6.45, 7) is 2.74. The Labute approximate surface area is 145 Å². The molecule has 0 saturated carbocycles. The van der Waals surface area contributed by atoms with Gasteiger partial charge in [0.1, 0.15) is 5.75 Å². The number of nitrogens with one attached hydrogen (secondary N) is 1. The van der Waals surface area contributed by atoms with Gasteiger partial charge in [-0.1, -0.05) is 27.5 Å². The van der Waals surface area contributed by atoms with E-state index < -0.39 is 0 Å². The van der Waals surface area contributed by atoms with E-state index in [0.717, 1.165) is 42.9 Å². The highest BCUT2D eigenvalue weighted by Crippen LogP contribution is 2.28. The number of likely N-dealkylation sites (tertiary alicyclic amines) is 1. The number of nitrogens with zero attached hydrogens (tertiary/aromatic N) is 1. The summed E-state index contributed by atoms with van der Waals surface area (Å²) in [7, 11) is 1.98. The Hall–Kier alpha value is -0.780. The first-order chi connectivity index (χ1) is 10.6. The zero-order valence-electron chi connectivity index (χ0n) is 12.8. The van der Waals surface area contributed by atoms with Gasteiger partial charge in [0, 0.05) is 17.6 Å². The van der Waals surface area contributed by atoms with E-state index in [-0.39, 0.29) is 12.5 Å². The second-order valence-corrected chi connectivity index (χ2v) is 6.90. The van der Waals surface area contributed by atoms with Crippen LogP contribution >= 0.6 is 27.5 Å². The lowest BCUT2D eigenvalue weighted by Gasteiger charge is -2.32. The molecule has 0 bridgehead atoms. The first-order valence-electron chi connectivity index (χ1n) is 7.60. The largest absolute Gasteiger partial charge is 0.482 e. The molecule has 22 heavy (non-hydrogen) atoms. The number of piperidine rings is 1. The van der Waals surface area contributed by atoms with Crippen molar-refractivity contribution in [3.8, 4) is 5.75 Å². The fourth-order valence-corrected chi connectivity index (χ4v) is 3.37. The zero-order valence-corrected chi connectivity index (χ0v) is 15.1. The molecule has 4 nitrogen and oxygen atoms in total. The van der Waals surface area contributed by atoms with Crippen LogP contribution in [0.3, 0.4) is 0 Å². The Morgan fingerprint density at radius 3 is 2.82 bits per heavy atom. The van der Waals surface area contributed by atoms with E-state index in [0.29, 0.717) is 10.8 Å². The van der Waals surface area contributed by atoms with E-state index in [1.807, 2.05) is 18.0 Å². The van der Waals surface area contributed by atoms with Crippen LogP contribution in [-0.2, 0) is 4.79 Å². The number of carbonyl (C=O) groups excluding carboxylic acids is 1. The van der Waals surface area contributed by atoms with Gasteiger partial charge in [0.15, 0.2) is 6.61 Å². The van der Waals surface area contributed by atoms with Gasteiger partial charge in [0.2, 0.25) is 0 Å². The van der Waals surface area contributed by atoms with Gasteiger partial charge in [-0.3, -0.25) is 4.79 Å². The SMILES string of the molecule is CNCCC1CCN(C(=O)COc2ccc(Br)cc2Cl)CC1. The van der Waals surface area contributed by atoms with Gasteiger partial charge in [-0.2, -0.15) is 0 Å². The van der Waals surface area contributed by atoms with Crippen molar-refractivity contribution >= 4 is 33.4 Å². The highest BCUT2D eigenvalue weighted by molar-refractivity contribution is 9.10. The van der Waals surface area contributed by atoms with Crippen molar-refractivity contribution in [1.29, 1.82) is 0 Å². The Morgan fingerprint density at radius 1 is 1.45 bits per heavy atom. The van der Waals surface area contributed by atoms with Gasteiger partial charge in [0.05, 0.1) is 5.02 Å². The number of hydrogen-bond donors (Lipinski definition) is 1. The van der Waals surface area contributed by atoms with Crippen molar-refractivity contribution in [3.63, 3.8) is 0 Å². The molecule has 1 amide bonds. The smallest absolute Gasteiger partial charge is 0.260 e. The monoisotopic (exact) mass is 388 g/mol. The van der Waals surface area contributed by atoms with Crippen LogP contribution in [0.2, 0.25) is 5.02 Å². The number of benzene rings is 1. The number of carbonyl (C=O) groups is 1. The highest BCUT2D eigenvalue weighted by Gasteiger charge is 2.22. The average Bonchev–Trinajstić information content (AvgIpc) is 2.52. The van der Waals surface area contributed by atoms with E-state index in [9.17, 15) is 4.79 Å². The Morgan fingerprint density at radius 2 is 2.18 bits per heavy atom. The molecule has 0 unspecified atom stereocenters. The molecular weight excluding hydrogens is 368 g/mol. The molecule has 1 N–H and O–H groups in total. The first-order valence-corrected chi connectivity index (χ1v) is 8.77. The van der Waals surface area contributed by atoms with Gasteiger partial charge in [-0.25, -0.2) is 0 Å². The molecule has 0 aliphatic carbocycles. The van der Waals surface area contributed by atoms with Crippen LogP contribution in [0.15, 0.2) is 22.7 Å². The zero-order chi connectivity index (χ0) is 15.9. The second-order valence-electron chi connectivity index (χ2n) is 5.58. The van der Waals surface area contributed by atoms with Gasteiger partial charge in [0.25, 0.3) is 5.91 Å². The summed E-state index contributed by atoms with van der Waals surface area (Å²) in [5.41, 5.74) is 0. The lowest BCUT2D eigenvalue weighted by atomic mass is 9.93. The summed E-state index contributed by atoms with van der Waals surface area (Å²) in [6, 6.07) is 5.37. The molecule has 6 heteroatoms. The maximum Gasteiger partial charge on any atom is 0.260 e. The maximum absolute atomic E-state index is 12.2. The normalized spacial score (nSPS) is 15.9. The molecule has 2 rings (SSSR count). The molecule has 1 fully saturated rings. The van der Waals surface area contributed by atoms with Crippen LogP contribution in [0.1, 0.15) is 19.3 Å². The molecule has 1 aliphatic rings. The first kappa shape index (κ1) is 17.6. The van der Waals surface area contributed by atoms with Crippen molar-refractivity contribution in [2.24, 2.45) is 5.92 Å². The van der Waals surface area contributed by atoms with Crippen LogP contribution in [0.5, 0.6) is 5.75 Å². The van der Waals surface area contributed by atoms with Crippen LogP contribution in [-0.4, -0.2) is 44.1 Å². The number of hydrogen-bond acceptors (Lipinski definition) is 3. The molecule has 0 spiro atoms. The maximum atomic E-state index is 12.2. The molecule has 1 saturated heterocycles. The Balaban J connectivity index is 1.76. The molecule has 1 aromatic carbocycles. The van der Waals surface area contributed by atoms with Crippen molar-refractivity contribution < 1.29 is 9.53 Å². The molecule has 0 radical (unpaired) electrons. The van der Waals surface area contributed by atoms with Gasteiger partial charge in [-0.15, -0.1) is 0 Å². The highest BCUT2D eigenvalue weighted by atomic mass is 79.9. The predicted molar refractivity (Wildman–Crippen MR) is 92.5 cm³/mol. The number of amides is 1. The fourth-order valence-electron chi connectivity index (χ4n) is 2.64. The van der Waals surface area contributed by atoms with Gasteiger partial charge in [-0.05, 0) is 57.0 Å². The van der Waals surface area contributed by atoms with Crippen molar-refractivity contribution in [1.82, 2.24) is 10.2 Å². The molecular formula is C16H22BrClN2O2. The predicted octanol–water partition coefficient (Wildman–Crippen LogP) is 3.33. The van der Waals surface area contributed by atoms with E-state index in [1.165, 1.54) is 6.42 Å². The molecule has 1 heterocycles. The van der Waals surface area contributed by atoms with Crippen LogP contribution in [0, 0.1) is 5.92 Å². The molecule has 122 valence electrons. The number of rotatable bonds is 6. The van der Waals surface area contributed by atoms with Crippen LogP contribution in [0.4, 0.5) is 0 Å². The third-order valence-corrected chi connectivity index (χ3v) is 4.80. The van der Waals surface area contributed by atoms with Crippen molar-refractivity contribution in [2.75, 3.05) is 33.3 Å². The van der Waals surface area contributed by atoms with Crippen molar-refractivity contribution in [3.05, 3.63) is 27.7 Å². The van der Waals surface area contributed by atoms with Gasteiger partial charge < -0.3 is 15.0 Å². The summed E-state index contributed by atoms with van der Waals surface area (Å²) < 4.78 is 6.43. The standard InChI is InChI=1S/C16H22BrClN2O2/c1-19-7-4-12-5-8-20(9-6-12)16(21)11-22-15-3-2-13(17)10-14(15)18/h2-3,10,12,19H,4-9,11H2,1H3. The van der Waals surface area contributed by atoms with E-state index in [2.05, 4.69) is 21.2 Å². The third kappa shape index (κ3) is 5.14. The summed E-state index contributed by atoms with van der Waals surface area (Å²) in [5.74, 6) is 1.30. The van der Waals surface area contributed by atoms with Gasteiger partial charge >= 0.3 is 0 Å². The molecule has 1 aliphatic heterocycles. The summed E-state index contributed by atoms with van der Waals surface area (Å²) in [4.78, 5) is 14.1. The lowest BCUT2D eigenvalue weighted by molar-refractivity contribution is -0.134. The summed E-state index contributed by atoms with van der Waals surface area (Å²) >= 11 is 9.42. The van der Waals surface area contributed by atoms with Crippen molar-refractivity contribution in [2.45, 2.75) is 19.3 Å². The minimum Gasteiger partial charge on any atom is -0.482 e. The number of halogens is 2. The van der Waals surface area contributed by atoms with E-state index in [4.69, 9.17) is 16.3 Å². The summed E-state index contributed by atoms with van der Waals surface area (Å²) in [6.07, 6.45) is 3.34. The van der Waals surface area contributed by atoms with E-state index in [1.54, 1.807) is 12.1 Å². The van der Waals surface area contributed by atoms with Crippen LogP contribution in [0.25, 0.3) is 0 Å². The molecule has 0 aromatic heterocycles. The number of ether oxygens (including phenoxy) is 1. The fraction of sp³-hybridized carbons (Fsp3) is 0.562. The van der Waals surface area contributed by atoms with Crippen LogP contribution < -0.4 is 10.1 Å². The third-order valence-electron chi connectivity index (χ3n) is 4.01. The second kappa shape index (κ2) is 8.75. The average molecular weight is 390 g/mol. The molecule has 0 atom stereocenters. The summed E-state index contributed by atoms with van der Waals surface area (Å²) in [5, 5.41) is 3.69.